The predicted octanol–water partition coefficient (Wildman–Crippen LogP) is 1.81. The van der Waals surface area contributed by atoms with Gasteiger partial charge in [0, 0.05) is 31.6 Å². The molecule has 1 saturated heterocycles. The number of nitrogens with one attached hydrogen (secondary N) is 2. The van der Waals surface area contributed by atoms with Crippen molar-refractivity contribution in [2.24, 2.45) is 0 Å². The quantitative estimate of drug-likeness (QED) is 0.850. The van der Waals surface area contributed by atoms with Crippen molar-refractivity contribution in [3.8, 4) is 0 Å². The Morgan fingerprint density at radius 2 is 2.42 bits per heavy atom. The number of rotatable bonds is 5. The molecule has 1 fully saturated rings. The van der Waals surface area contributed by atoms with E-state index in [1.165, 1.54) is 6.42 Å². The Morgan fingerprint density at radius 1 is 1.53 bits per heavy atom. The van der Waals surface area contributed by atoms with Gasteiger partial charge in [-0.2, -0.15) is 0 Å². The fraction of sp³-hybridized carbons (Fsp3) is 0.571. The molecule has 1 aliphatic heterocycles. The number of anilines is 1. The van der Waals surface area contributed by atoms with Gasteiger partial charge < -0.3 is 15.4 Å². The molecule has 0 radical (unpaired) electrons. The van der Waals surface area contributed by atoms with Gasteiger partial charge in [-0.15, -0.1) is 0 Å². The van der Waals surface area contributed by atoms with Crippen LogP contribution in [0, 0.1) is 0 Å². The van der Waals surface area contributed by atoms with Crippen molar-refractivity contribution < 1.29 is 9.53 Å². The minimum absolute atomic E-state index is 0.139. The molecule has 5 heteroatoms. The summed E-state index contributed by atoms with van der Waals surface area (Å²) in [6.07, 6.45) is 5.41. The molecule has 2 heterocycles. The third-order valence-electron chi connectivity index (χ3n) is 3.14. The van der Waals surface area contributed by atoms with Crippen LogP contribution < -0.4 is 10.6 Å². The normalized spacial score (nSPS) is 18.9. The fourth-order valence-corrected chi connectivity index (χ4v) is 2.12. The standard InChI is InChI=1S/C14H21N3O2/c1-2-15-14(18)13-9-11(6-7-16-13)17-10-12-5-3-4-8-19-12/h6-7,9,12H,2-5,8,10H2,1H3,(H,15,18)(H,16,17). The summed E-state index contributed by atoms with van der Waals surface area (Å²) in [5, 5.41) is 6.05. The molecular weight excluding hydrogens is 242 g/mol. The third-order valence-corrected chi connectivity index (χ3v) is 3.14. The van der Waals surface area contributed by atoms with E-state index in [0.717, 1.165) is 31.7 Å². The van der Waals surface area contributed by atoms with Gasteiger partial charge in [0.05, 0.1) is 6.10 Å². The van der Waals surface area contributed by atoms with Crippen molar-refractivity contribution in [3.05, 3.63) is 24.0 Å². The van der Waals surface area contributed by atoms with E-state index < -0.39 is 0 Å². The maximum absolute atomic E-state index is 11.7. The highest BCUT2D eigenvalue weighted by Crippen LogP contribution is 2.14. The number of hydrogen-bond donors (Lipinski definition) is 2. The summed E-state index contributed by atoms with van der Waals surface area (Å²) in [7, 11) is 0. The van der Waals surface area contributed by atoms with Crippen LogP contribution >= 0.6 is 0 Å². The average molecular weight is 263 g/mol. The fourth-order valence-electron chi connectivity index (χ4n) is 2.12. The molecule has 0 saturated carbocycles. The van der Waals surface area contributed by atoms with E-state index in [-0.39, 0.29) is 12.0 Å². The highest BCUT2D eigenvalue weighted by atomic mass is 16.5. The summed E-state index contributed by atoms with van der Waals surface area (Å²) < 4.78 is 5.66. The molecule has 1 amide bonds. The van der Waals surface area contributed by atoms with E-state index in [1.54, 1.807) is 12.3 Å². The number of ether oxygens (including phenoxy) is 1. The third kappa shape index (κ3) is 4.21. The van der Waals surface area contributed by atoms with Crippen molar-refractivity contribution in [2.75, 3.05) is 25.0 Å². The molecule has 5 nitrogen and oxygen atoms in total. The summed E-state index contributed by atoms with van der Waals surface area (Å²) in [6.45, 7) is 4.13. The van der Waals surface area contributed by atoms with Gasteiger partial charge in [-0.05, 0) is 38.3 Å². The molecule has 0 spiro atoms. The molecule has 1 aromatic heterocycles. The zero-order valence-electron chi connectivity index (χ0n) is 11.3. The highest BCUT2D eigenvalue weighted by Gasteiger charge is 2.13. The molecule has 1 aromatic rings. The van der Waals surface area contributed by atoms with Crippen LogP contribution in [0.15, 0.2) is 18.3 Å². The Balaban J connectivity index is 1.89. The first kappa shape index (κ1) is 13.8. The topological polar surface area (TPSA) is 63.2 Å². The van der Waals surface area contributed by atoms with Crippen LogP contribution in [0.25, 0.3) is 0 Å². The minimum Gasteiger partial charge on any atom is -0.382 e. The zero-order valence-corrected chi connectivity index (χ0v) is 11.3. The number of hydrogen-bond acceptors (Lipinski definition) is 4. The van der Waals surface area contributed by atoms with Gasteiger partial charge >= 0.3 is 0 Å². The Morgan fingerprint density at radius 3 is 3.16 bits per heavy atom. The monoisotopic (exact) mass is 263 g/mol. The van der Waals surface area contributed by atoms with Crippen LogP contribution in [0.3, 0.4) is 0 Å². The number of nitrogens with zero attached hydrogens (tertiary/aromatic N) is 1. The molecule has 0 bridgehead atoms. The van der Waals surface area contributed by atoms with E-state index in [9.17, 15) is 4.79 Å². The van der Waals surface area contributed by atoms with Crippen molar-refractivity contribution in [1.82, 2.24) is 10.3 Å². The van der Waals surface area contributed by atoms with Crippen molar-refractivity contribution in [2.45, 2.75) is 32.3 Å². The summed E-state index contributed by atoms with van der Waals surface area (Å²) in [6, 6.07) is 3.64. The second-order valence-electron chi connectivity index (χ2n) is 4.66. The summed E-state index contributed by atoms with van der Waals surface area (Å²) >= 11 is 0. The molecule has 1 atom stereocenters. The number of pyridine rings is 1. The first-order valence-corrected chi connectivity index (χ1v) is 6.89. The number of amides is 1. The molecule has 1 unspecified atom stereocenters. The lowest BCUT2D eigenvalue weighted by Crippen LogP contribution is -2.27. The minimum atomic E-state index is -0.139. The molecular formula is C14H21N3O2. The van der Waals surface area contributed by atoms with Crippen molar-refractivity contribution in [3.63, 3.8) is 0 Å². The Labute approximate surface area is 113 Å². The number of carbonyl (C=O) groups excluding carboxylic acids is 1. The van der Waals surface area contributed by atoms with Crippen LogP contribution in [-0.2, 0) is 4.74 Å². The number of aromatic nitrogens is 1. The van der Waals surface area contributed by atoms with Gasteiger partial charge in [-0.1, -0.05) is 0 Å². The SMILES string of the molecule is CCNC(=O)c1cc(NCC2CCCCO2)ccn1. The highest BCUT2D eigenvalue weighted by molar-refractivity contribution is 5.93. The maximum Gasteiger partial charge on any atom is 0.269 e. The van der Waals surface area contributed by atoms with Gasteiger partial charge in [0.1, 0.15) is 5.69 Å². The summed E-state index contributed by atoms with van der Waals surface area (Å²) in [5.74, 6) is -0.139. The molecule has 104 valence electrons. The number of carbonyl (C=O) groups is 1. The molecule has 0 aromatic carbocycles. The molecule has 1 aliphatic rings. The van der Waals surface area contributed by atoms with E-state index in [4.69, 9.17) is 4.74 Å². The van der Waals surface area contributed by atoms with Crippen LogP contribution in [0.5, 0.6) is 0 Å². The Hall–Kier alpha value is -1.62. The lowest BCUT2D eigenvalue weighted by Gasteiger charge is -2.23. The zero-order chi connectivity index (χ0) is 13.5. The Kier molecular flexibility index (Phi) is 5.15. The lowest BCUT2D eigenvalue weighted by molar-refractivity contribution is 0.0247. The smallest absolute Gasteiger partial charge is 0.269 e. The summed E-state index contributed by atoms with van der Waals surface area (Å²) in [4.78, 5) is 15.7. The molecule has 19 heavy (non-hydrogen) atoms. The second-order valence-corrected chi connectivity index (χ2v) is 4.66. The maximum atomic E-state index is 11.7. The van der Waals surface area contributed by atoms with E-state index in [1.807, 2.05) is 13.0 Å². The van der Waals surface area contributed by atoms with Gasteiger partial charge in [0.2, 0.25) is 0 Å². The average Bonchev–Trinajstić information content (AvgIpc) is 2.47. The van der Waals surface area contributed by atoms with Crippen LogP contribution in [0.2, 0.25) is 0 Å². The van der Waals surface area contributed by atoms with Gasteiger partial charge in [-0.25, -0.2) is 0 Å². The van der Waals surface area contributed by atoms with Gasteiger partial charge in [0.25, 0.3) is 5.91 Å². The van der Waals surface area contributed by atoms with Crippen LogP contribution in [0.1, 0.15) is 36.7 Å². The largest absolute Gasteiger partial charge is 0.382 e. The first-order valence-electron chi connectivity index (χ1n) is 6.89. The van der Waals surface area contributed by atoms with Crippen LogP contribution in [0.4, 0.5) is 5.69 Å². The van der Waals surface area contributed by atoms with Crippen molar-refractivity contribution >= 4 is 11.6 Å². The van der Waals surface area contributed by atoms with Crippen molar-refractivity contribution in [1.29, 1.82) is 0 Å². The first-order chi connectivity index (χ1) is 9.29. The van der Waals surface area contributed by atoms with Gasteiger partial charge in [-0.3, -0.25) is 9.78 Å². The van der Waals surface area contributed by atoms with E-state index >= 15 is 0 Å². The Bertz CT molecular complexity index is 417. The van der Waals surface area contributed by atoms with E-state index in [0.29, 0.717) is 12.2 Å². The molecule has 0 aliphatic carbocycles. The second kappa shape index (κ2) is 7.09. The van der Waals surface area contributed by atoms with E-state index in [2.05, 4.69) is 15.6 Å². The predicted molar refractivity (Wildman–Crippen MR) is 74.3 cm³/mol. The van der Waals surface area contributed by atoms with Crippen LogP contribution in [-0.4, -0.2) is 36.7 Å². The van der Waals surface area contributed by atoms with Gasteiger partial charge in [0.15, 0.2) is 0 Å². The summed E-state index contributed by atoms with van der Waals surface area (Å²) in [5.41, 5.74) is 1.35. The molecule has 2 N–H and O–H groups in total. The molecule has 2 rings (SSSR count). The lowest BCUT2D eigenvalue weighted by atomic mass is 10.1.